The van der Waals surface area contributed by atoms with Crippen molar-refractivity contribution in [1.82, 2.24) is 4.90 Å². The third-order valence-electron chi connectivity index (χ3n) is 5.09. The van der Waals surface area contributed by atoms with Crippen LogP contribution in [0.15, 0.2) is 24.3 Å². The van der Waals surface area contributed by atoms with Crippen molar-refractivity contribution in [2.75, 3.05) is 13.1 Å². The molecule has 1 aromatic rings. The van der Waals surface area contributed by atoms with E-state index < -0.39 is 0 Å². The first-order valence-electron chi connectivity index (χ1n) is 9.56. The number of rotatable bonds is 8. The van der Waals surface area contributed by atoms with Crippen molar-refractivity contribution in [2.45, 2.75) is 71.1 Å². The third-order valence-corrected chi connectivity index (χ3v) is 5.09. The standard InChI is InChI=1S/C21H31NO2/c1-3-5-6-7-11-21(24)22-14-12-17(13-15-22)18-9-8-10-19(16-18)20(23)4-2/h8-10,16-17H,3-7,11-15H2,1-2H3. The van der Waals surface area contributed by atoms with Gasteiger partial charge in [-0.15, -0.1) is 0 Å². The number of likely N-dealkylation sites (tertiary alicyclic amines) is 1. The fourth-order valence-electron chi connectivity index (χ4n) is 3.49. The summed E-state index contributed by atoms with van der Waals surface area (Å²) in [6, 6.07) is 8.08. The maximum atomic E-state index is 12.3. The SMILES string of the molecule is CCCCCCC(=O)N1CCC(c2cccc(C(=O)CC)c2)CC1. The average molecular weight is 329 g/mol. The van der Waals surface area contributed by atoms with E-state index in [4.69, 9.17) is 0 Å². The fourth-order valence-corrected chi connectivity index (χ4v) is 3.49. The topological polar surface area (TPSA) is 37.4 Å². The lowest BCUT2D eigenvalue weighted by atomic mass is 9.88. The number of unbranched alkanes of at least 4 members (excludes halogenated alkanes) is 3. The van der Waals surface area contributed by atoms with Crippen molar-refractivity contribution in [1.29, 1.82) is 0 Å². The van der Waals surface area contributed by atoms with E-state index in [1.807, 2.05) is 24.0 Å². The highest BCUT2D eigenvalue weighted by Crippen LogP contribution is 2.29. The van der Waals surface area contributed by atoms with Gasteiger partial charge in [-0.1, -0.05) is 51.3 Å². The highest BCUT2D eigenvalue weighted by molar-refractivity contribution is 5.96. The van der Waals surface area contributed by atoms with Crippen LogP contribution in [0.4, 0.5) is 0 Å². The Morgan fingerprint density at radius 1 is 1.08 bits per heavy atom. The second-order valence-corrected chi connectivity index (χ2v) is 6.87. The van der Waals surface area contributed by atoms with Crippen LogP contribution in [0.1, 0.15) is 87.1 Å². The average Bonchev–Trinajstić information content (AvgIpc) is 2.64. The van der Waals surface area contributed by atoms with Crippen molar-refractivity contribution in [3.63, 3.8) is 0 Å². The molecule has 1 aliphatic rings. The van der Waals surface area contributed by atoms with Crippen molar-refractivity contribution >= 4 is 11.7 Å². The largest absolute Gasteiger partial charge is 0.343 e. The van der Waals surface area contributed by atoms with Gasteiger partial charge < -0.3 is 4.90 Å². The molecule has 1 aliphatic heterocycles. The molecule has 2 rings (SSSR count). The van der Waals surface area contributed by atoms with E-state index in [-0.39, 0.29) is 5.78 Å². The Labute approximate surface area is 146 Å². The quantitative estimate of drug-likeness (QED) is 0.499. The van der Waals surface area contributed by atoms with Gasteiger partial charge in [0.1, 0.15) is 0 Å². The van der Waals surface area contributed by atoms with Gasteiger partial charge in [0.25, 0.3) is 0 Å². The Morgan fingerprint density at radius 2 is 1.83 bits per heavy atom. The van der Waals surface area contributed by atoms with E-state index in [0.29, 0.717) is 24.7 Å². The molecule has 1 fully saturated rings. The number of amides is 1. The van der Waals surface area contributed by atoms with Crippen LogP contribution in [0.5, 0.6) is 0 Å². The van der Waals surface area contributed by atoms with Crippen LogP contribution in [0, 0.1) is 0 Å². The summed E-state index contributed by atoms with van der Waals surface area (Å²) in [5.41, 5.74) is 2.08. The molecule has 1 amide bonds. The molecule has 0 aliphatic carbocycles. The van der Waals surface area contributed by atoms with Gasteiger partial charge in [0.05, 0.1) is 0 Å². The molecule has 24 heavy (non-hydrogen) atoms. The Bertz CT molecular complexity index is 545. The molecular weight excluding hydrogens is 298 g/mol. The van der Waals surface area contributed by atoms with Crippen LogP contribution in [0.3, 0.4) is 0 Å². The van der Waals surface area contributed by atoms with Gasteiger partial charge >= 0.3 is 0 Å². The molecule has 0 bridgehead atoms. The number of Topliss-reactive ketones (excluding diaryl/α,β-unsaturated/α-hetero) is 1. The summed E-state index contributed by atoms with van der Waals surface area (Å²) in [6.07, 6.45) is 7.88. The highest BCUT2D eigenvalue weighted by atomic mass is 16.2. The molecule has 3 heteroatoms. The molecular formula is C21H31NO2. The second kappa shape index (κ2) is 9.61. The van der Waals surface area contributed by atoms with Crippen LogP contribution in [0.2, 0.25) is 0 Å². The minimum absolute atomic E-state index is 0.205. The first-order valence-corrected chi connectivity index (χ1v) is 9.56. The zero-order chi connectivity index (χ0) is 17.4. The lowest BCUT2D eigenvalue weighted by Crippen LogP contribution is -2.37. The van der Waals surface area contributed by atoms with E-state index in [1.165, 1.54) is 18.4 Å². The summed E-state index contributed by atoms with van der Waals surface area (Å²) in [5.74, 6) is 0.995. The predicted molar refractivity (Wildman–Crippen MR) is 98.4 cm³/mol. The number of benzene rings is 1. The van der Waals surface area contributed by atoms with Crippen molar-refractivity contribution in [3.8, 4) is 0 Å². The number of ketones is 1. The summed E-state index contributed by atoms with van der Waals surface area (Å²) in [7, 11) is 0. The minimum atomic E-state index is 0.205. The lowest BCUT2D eigenvalue weighted by molar-refractivity contribution is -0.132. The van der Waals surface area contributed by atoms with E-state index in [0.717, 1.165) is 44.3 Å². The van der Waals surface area contributed by atoms with E-state index in [9.17, 15) is 9.59 Å². The van der Waals surface area contributed by atoms with E-state index in [2.05, 4.69) is 19.1 Å². The van der Waals surface area contributed by atoms with E-state index in [1.54, 1.807) is 0 Å². The third kappa shape index (κ3) is 5.19. The van der Waals surface area contributed by atoms with Gasteiger partial charge in [-0.25, -0.2) is 0 Å². The van der Waals surface area contributed by atoms with Gasteiger partial charge in [-0.05, 0) is 36.8 Å². The Morgan fingerprint density at radius 3 is 2.50 bits per heavy atom. The molecule has 1 saturated heterocycles. The van der Waals surface area contributed by atoms with Crippen LogP contribution < -0.4 is 0 Å². The summed E-state index contributed by atoms with van der Waals surface area (Å²) in [5, 5.41) is 0. The molecule has 0 unspecified atom stereocenters. The molecule has 0 saturated carbocycles. The van der Waals surface area contributed by atoms with Crippen molar-refractivity contribution in [2.24, 2.45) is 0 Å². The van der Waals surface area contributed by atoms with Gasteiger partial charge in [0.2, 0.25) is 5.91 Å². The predicted octanol–water partition coefficient (Wildman–Crippen LogP) is 4.96. The maximum Gasteiger partial charge on any atom is 0.222 e. The minimum Gasteiger partial charge on any atom is -0.343 e. The van der Waals surface area contributed by atoms with Crippen LogP contribution in [-0.4, -0.2) is 29.7 Å². The number of piperidine rings is 1. The van der Waals surface area contributed by atoms with Gasteiger partial charge in [0, 0.05) is 31.5 Å². The molecule has 0 spiro atoms. The smallest absolute Gasteiger partial charge is 0.222 e. The summed E-state index contributed by atoms with van der Waals surface area (Å²) in [6.45, 7) is 5.79. The van der Waals surface area contributed by atoms with Crippen molar-refractivity contribution in [3.05, 3.63) is 35.4 Å². The molecule has 0 atom stereocenters. The number of hydrogen-bond acceptors (Lipinski definition) is 2. The first-order chi connectivity index (χ1) is 11.7. The number of carbonyl (C=O) groups is 2. The van der Waals surface area contributed by atoms with Crippen molar-refractivity contribution < 1.29 is 9.59 Å². The number of nitrogens with zero attached hydrogens (tertiary/aromatic N) is 1. The zero-order valence-corrected chi connectivity index (χ0v) is 15.2. The van der Waals surface area contributed by atoms with Gasteiger partial charge in [-0.2, -0.15) is 0 Å². The normalized spacial score (nSPS) is 15.5. The summed E-state index contributed by atoms with van der Waals surface area (Å²) >= 11 is 0. The molecule has 3 nitrogen and oxygen atoms in total. The monoisotopic (exact) mass is 329 g/mol. The first kappa shape index (κ1) is 18.7. The van der Waals surface area contributed by atoms with Gasteiger partial charge in [-0.3, -0.25) is 9.59 Å². The summed E-state index contributed by atoms with van der Waals surface area (Å²) in [4.78, 5) is 26.2. The Kier molecular flexibility index (Phi) is 7.48. The number of hydrogen-bond donors (Lipinski definition) is 0. The van der Waals surface area contributed by atoms with E-state index >= 15 is 0 Å². The Balaban J connectivity index is 1.84. The zero-order valence-electron chi connectivity index (χ0n) is 15.2. The molecule has 1 aromatic carbocycles. The molecule has 0 N–H and O–H groups in total. The highest BCUT2D eigenvalue weighted by Gasteiger charge is 2.23. The second-order valence-electron chi connectivity index (χ2n) is 6.87. The molecule has 1 heterocycles. The van der Waals surface area contributed by atoms with Crippen LogP contribution >= 0.6 is 0 Å². The fraction of sp³-hybridized carbons (Fsp3) is 0.619. The van der Waals surface area contributed by atoms with Crippen LogP contribution in [0.25, 0.3) is 0 Å². The van der Waals surface area contributed by atoms with Gasteiger partial charge in [0.15, 0.2) is 5.78 Å². The molecule has 132 valence electrons. The molecule has 0 aromatic heterocycles. The van der Waals surface area contributed by atoms with Crippen LogP contribution in [-0.2, 0) is 4.79 Å². The molecule has 0 radical (unpaired) electrons. The lowest BCUT2D eigenvalue weighted by Gasteiger charge is -2.32. The Hall–Kier alpha value is -1.64. The number of carbonyl (C=O) groups excluding carboxylic acids is 2. The summed E-state index contributed by atoms with van der Waals surface area (Å²) < 4.78 is 0. The maximum absolute atomic E-state index is 12.3.